The second-order valence-electron chi connectivity index (χ2n) is 3.90. The highest BCUT2D eigenvalue weighted by atomic mass is 16.4. The summed E-state index contributed by atoms with van der Waals surface area (Å²) < 4.78 is 4.96. The monoisotopic (exact) mass is 225 g/mol. The Morgan fingerprint density at radius 1 is 1.56 bits per heavy atom. The van der Waals surface area contributed by atoms with E-state index in [1.165, 1.54) is 6.26 Å². The highest BCUT2D eigenvalue weighted by Gasteiger charge is 2.18. The first kappa shape index (κ1) is 12.8. The van der Waals surface area contributed by atoms with Gasteiger partial charge >= 0.3 is 5.97 Å². The summed E-state index contributed by atoms with van der Waals surface area (Å²) >= 11 is 0. The molecule has 1 heterocycles. The van der Waals surface area contributed by atoms with Gasteiger partial charge in [-0.3, -0.25) is 4.90 Å². The molecule has 90 valence electrons. The first-order valence-corrected chi connectivity index (χ1v) is 5.63. The van der Waals surface area contributed by atoms with Crippen LogP contribution >= 0.6 is 0 Å². The predicted molar refractivity (Wildman–Crippen MR) is 61.5 cm³/mol. The Morgan fingerprint density at radius 3 is 2.75 bits per heavy atom. The van der Waals surface area contributed by atoms with Gasteiger partial charge in [0.25, 0.3) is 0 Å². The number of hydrogen-bond acceptors (Lipinski definition) is 3. The molecule has 1 unspecified atom stereocenters. The lowest BCUT2D eigenvalue weighted by Crippen LogP contribution is -2.32. The minimum Gasteiger partial charge on any atom is -0.475 e. The smallest absolute Gasteiger partial charge is 0.372 e. The SMILES string of the molecule is CCC(C)N(CC)Cc1ccoc1C(=O)O. The maximum atomic E-state index is 10.9. The minimum absolute atomic E-state index is 0.0572. The number of carbonyl (C=O) groups is 1. The summed E-state index contributed by atoms with van der Waals surface area (Å²) in [5.41, 5.74) is 0.745. The molecule has 4 heteroatoms. The van der Waals surface area contributed by atoms with Crippen molar-refractivity contribution in [3.05, 3.63) is 23.7 Å². The van der Waals surface area contributed by atoms with Crippen molar-refractivity contribution in [1.29, 1.82) is 0 Å². The van der Waals surface area contributed by atoms with Crippen molar-refractivity contribution in [3.63, 3.8) is 0 Å². The number of aromatic carboxylic acids is 1. The fraction of sp³-hybridized carbons (Fsp3) is 0.583. The summed E-state index contributed by atoms with van der Waals surface area (Å²) in [6.07, 6.45) is 2.48. The normalized spacial score (nSPS) is 13.0. The summed E-state index contributed by atoms with van der Waals surface area (Å²) in [4.78, 5) is 13.1. The molecule has 1 aromatic rings. The molecule has 0 aliphatic carbocycles. The molecule has 0 radical (unpaired) electrons. The number of carboxylic acids is 1. The Labute approximate surface area is 95.9 Å². The highest BCUT2D eigenvalue weighted by molar-refractivity contribution is 5.86. The molecule has 4 nitrogen and oxygen atoms in total. The van der Waals surface area contributed by atoms with E-state index in [1.54, 1.807) is 6.07 Å². The molecule has 0 saturated carbocycles. The highest BCUT2D eigenvalue weighted by Crippen LogP contribution is 2.15. The molecular weight excluding hydrogens is 206 g/mol. The fourth-order valence-corrected chi connectivity index (χ4v) is 1.70. The zero-order valence-corrected chi connectivity index (χ0v) is 10.1. The Hall–Kier alpha value is -1.29. The molecule has 0 aromatic carbocycles. The second kappa shape index (κ2) is 5.70. The van der Waals surface area contributed by atoms with Crippen molar-refractivity contribution < 1.29 is 14.3 Å². The van der Waals surface area contributed by atoms with Gasteiger partial charge in [-0.15, -0.1) is 0 Å². The number of carboxylic acid groups (broad SMARTS) is 1. The average molecular weight is 225 g/mol. The van der Waals surface area contributed by atoms with Crippen LogP contribution < -0.4 is 0 Å². The number of rotatable bonds is 6. The molecule has 0 aliphatic rings. The summed E-state index contributed by atoms with van der Waals surface area (Å²) in [6, 6.07) is 2.18. The molecule has 16 heavy (non-hydrogen) atoms. The molecule has 0 fully saturated rings. The molecule has 1 atom stereocenters. The third-order valence-corrected chi connectivity index (χ3v) is 2.93. The van der Waals surface area contributed by atoms with Gasteiger partial charge in [0, 0.05) is 18.2 Å². The van der Waals surface area contributed by atoms with Gasteiger partial charge in [0.2, 0.25) is 5.76 Å². The van der Waals surface area contributed by atoms with Crippen molar-refractivity contribution in [2.45, 2.75) is 39.8 Å². The van der Waals surface area contributed by atoms with Crippen LogP contribution in [0, 0.1) is 0 Å². The predicted octanol–water partition coefficient (Wildman–Crippen LogP) is 2.60. The molecule has 1 aromatic heterocycles. The molecule has 1 rings (SSSR count). The van der Waals surface area contributed by atoms with Crippen LogP contribution in [-0.4, -0.2) is 28.6 Å². The van der Waals surface area contributed by atoms with E-state index < -0.39 is 5.97 Å². The van der Waals surface area contributed by atoms with Crippen molar-refractivity contribution >= 4 is 5.97 Å². The van der Waals surface area contributed by atoms with Crippen LogP contribution in [0.1, 0.15) is 43.3 Å². The van der Waals surface area contributed by atoms with Crippen molar-refractivity contribution in [3.8, 4) is 0 Å². The van der Waals surface area contributed by atoms with Crippen LogP contribution in [0.4, 0.5) is 0 Å². The van der Waals surface area contributed by atoms with E-state index in [0.717, 1.165) is 18.5 Å². The summed E-state index contributed by atoms with van der Waals surface area (Å²) in [5, 5.41) is 8.92. The molecule has 1 N–H and O–H groups in total. The van der Waals surface area contributed by atoms with Crippen molar-refractivity contribution in [2.75, 3.05) is 6.54 Å². The number of furan rings is 1. The molecule has 0 aliphatic heterocycles. The quantitative estimate of drug-likeness (QED) is 0.808. The maximum Gasteiger partial charge on any atom is 0.372 e. The molecule has 0 spiro atoms. The summed E-state index contributed by atoms with van der Waals surface area (Å²) in [5.74, 6) is -0.943. The second-order valence-corrected chi connectivity index (χ2v) is 3.90. The lowest BCUT2D eigenvalue weighted by molar-refractivity contribution is 0.0658. The van der Waals surface area contributed by atoms with Crippen molar-refractivity contribution in [1.82, 2.24) is 4.90 Å². The standard InChI is InChI=1S/C12H19NO3/c1-4-9(3)13(5-2)8-10-6-7-16-11(10)12(14)15/h6-7,9H,4-5,8H2,1-3H3,(H,14,15). The Bertz CT molecular complexity index is 346. The van der Waals surface area contributed by atoms with Crippen LogP contribution in [0.3, 0.4) is 0 Å². The fourth-order valence-electron chi connectivity index (χ4n) is 1.70. The zero-order chi connectivity index (χ0) is 12.1. The van der Waals surface area contributed by atoms with Gasteiger partial charge in [-0.1, -0.05) is 13.8 Å². The van der Waals surface area contributed by atoms with Gasteiger partial charge in [0.05, 0.1) is 6.26 Å². The largest absolute Gasteiger partial charge is 0.475 e. The van der Waals surface area contributed by atoms with Gasteiger partial charge in [-0.05, 0) is 26.0 Å². The van der Waals surface area contributed by atoms with E-state index in [1.807, 2.05) is 0 Å². The van der Waals surface area contributed by atoms with Crippen LogP contribution in [0.25, 0.3) is 0 Å². The Morgan fingerprint density at radius 2 is 2.25 bits per heavy atom. The molecule has 0 saturated heterocycles. The van der Waals surface area contributed by atoms with E-state index in [9.17, 15) is 4.79 Å². The number of hydrogen-bond donors (Lipinski definition) is 1. The third kappa shape index (κ3) is 2.85. The molecular formula is C12H19NO3. The third-order valence-electron chi connectivity index (χ3n) is 2.93. The van der Waals surface area contributed by atoms with Crippen LogP contribution in [0.5, 0.6) is 0 Å². The number of nitrogens with zero attached hydrogens (tertiary/aromatic N) is 1. The summed E-state index contributed by atoms with van der Waals surface area (Å²) in [7, 11) is 0. The van der Waals surface area contributed by atoms with E-state index in [-0.39, 0.29) is 5.76 Å². The van der Waals surface area contributed by atoms with Crippen LogP contribution in [-0.2, 0) is 6.54 Å². The minimum atomic E-state index is -1.000. The van der Waals surface area contributed by atoms with E-state index >= 15 is 0 Å². The van der Waals surface area contributed by atoms with Gasteiger partial charge in [-0.2, -0.15) is 0 Å². The van der Waals surface area contributed by atoms with E-state index in [0.29, 0.717) is 12.6 Å². The van der Waals surface area contributed by atoms with Crippen molar-refractivity contribution in [2.24, 2.45) is 0 Å². The van der Waals surface area contributed by atoms with E-state index in [4.69, 9.17) is 9.52 Å². The first-order valence-electron chi connectivity index (χ1n) is 5.63. The van der Waals surface area contributed by atoms with Crippen LogP contribution in [0.15, 0.2) is 16.7 Å². The van der Waals surface area contributed by atoms with Gasteiger partial charge in [0.1, 0.15) is 0 Å². The molecule has 0 amide bonds. The Kier molecular flexibility index (Phi) is 4.55. The topological polar surface area (TPSA) is 53.7 Å². The maximum absolute atomic E-state index is 10.9. The Balaban J connectivity index is 2.77. The molecule has 0 bridgehead atoms. The lowest BCUT2D eigenvalue weighted by Gasteiger charge is -2.26. The summed E-state index contributed by atoms with van der Waals surface area (Å²) in [6.45, 7) is 7.88. The average Bonchev–Trinajstić information content (AvgIpc) is 2.72. The lowest BCUT2D eigenvalue weighted by atomic mass is 10.1. The first-order chi connectivity index (χ1) is 7.60. The van der Waals surface area contributed by atoms with Gasteiger partial charge < -0.3 is 9.52 Å². The zero-order valence-electron chi connectivity index (χ0n) is 10.1. The van der Waals surface area contributed by atoms with Crippen LogP contribution in [0.2, 0.25) is 0 Å². The van der Waals surface area contributed by atoms with E-state index in [2.05, 4.69) is 25.7 Å². The van der Waals surface area contributed by atoms with Gasteiger partial charge in [-0.25, -0.2) is 4.79 Å². The van der Waals surface area contributed by atoms with Gasteiger partial charge in [0.15, 0.2) is 0 Å².